The average Bonchev–Trinajstić information content (AvgIpc) is 3.26. The van der Waals surface area contributed by atoms with Crippen molar-refractivity contribution in [3.8, 4) is 28.6 Å². The van der Waals surface area contributed by atoms with Crippen LogP contribution in [-0.2, 0) is 0 Å². The molecule has 31 heavy (non-hydrogen) atoms. The molecule has 0 saturated carbocycles. The second-order valence-electron chi connectivity index (χ2n) is 7.05. The number of nitrogens with zero attached hydrogens (tertiary/aromatic N) is 2. The number of rotatable bonds is 8. The topological polar surface area (TPSA) is 95.7 Å². The van der Waals surface area contributed by atoms with Gasteiger partial charge in [-0.3, -0.25) is 4.79 Å². The van der Waals surface area contributed by atoms with Gasteiger partial charge in [0, 0.05) is 5.56 Å². The summed E-state index contributed by atoms with van der Waals surface area (Å²) in [6.45, 7) is 3.89. The number of benzene rings is 2. The monoisotopic (exact) mass is 445 g/mol. The zero-order chi connectivity index (χ0) is 22.5. The van der Waals surface area contributed by atoms with E-state index in [-0.39, 0.29) is 17.7 Å². The fourth-order valence-electron chi connectivity index (χ4n) is 3.07. The van der Waals surface area contributed by atoms with Crippen molar-refractivity contribution in [1.29, 1.82) is 0 Å². The Kier molecular flexibility index (Phi) is 7.02. The molecule has 1 amide bonds. The van der Waals surface area contributed by atoms with Gasteiger partial charge in [0.2, 0.25) is 17.5 Å². The summed E-state index contributed by atoms with van der Waals surface area (Å²) in [6, 6.07) is 9.78. The SMILES string of the molecule is COc1cc(-c2noc([C@@H](NC(=O)c3ccccc3Cl)C(C)C)n2)cc(OC)c1OC. The van der Waals surface area contributed by atoms with Gasteiger partial charge in [0.15, 0.2) is 11.5 Å². The quantitative estimate of drug-likeness (QED) is 0.543. The molecule has 0 aliphatic carbocycles. The molecular weight excluding hydrogens is 422 g/mol. The Labute approximate surface area is 185 Å². The minimum Gasteiger partial charge on any atom is -0.493 e. The van der Waals surface area contributed by atoms with E-state index in [0.717, 1.165) is 0 Å². The zero-order valence-corrected chi connectivity index (χ0v) is 18.7. The third-order valence-corrected chi connectivity index (χ3v) is 5.03. The van der Waals surface area contributed by atoms with Gasteiger partial charge in [0.25, 0.3) is 5.91 Å². The van der Waals surface area contributed by atoms with Crippen LogP contribution in [0.1, 0.15) is 36.1 Å². The minimum atomic E-state index is -0.507. The van der Waals surface area contributed by atoms with Crippen molar-refractivity contribution in [3.63, 3.8) is 0 Å². The van der Waals surface area contributed by atoms with Crippen molar-refractivity contribution in [2.24, 2.45) is 5.92 Å². The summed E-state index contributed by atoms with van der Waals surface area (Å²) in [5.41, 5.74) is 0.989. The predicted octanol–water partition coefficient (Wildman–Crippen LogP) is 4.54. The molecule has 0 bridgehead atoms. The lowest BCUT2D eigenvalue weighted by Gasteiger charge is -2.18. The molecular formula is C22H24ClN3O5. The maximum atomic E-state index is 12.7. The largest absolute Gasteiger partial charge is 0.493 e. The van der Waals surface area contributed by atoms with Crippen LogP contribution in [0.25, 0.3) is 11.4 Å². The second-order valence-corrected chi connectivity index (χ2v) is 7.45. The molecule has 1 heterocycles. The van der Waals surface area contributed by atoms with Crippen LogP contribution in [0.3, 0.4) is 0 Å². The van der Waals surface area contributed by atoms with Gasteiger partial charge in [-0.05, 0) is 30.2 Å². The van der Waals surface area contributed by atoms with E-state index in [1.54, 1.807) is 36.4 Å². The maximum Gasteiger partial charge on any atom is 0.253 e. The molecule has 0 unspecified atom stereocenters. The number of nitrogens with one attached hydrogen (secondary N) is 1. The van der Waals surface area contributed by atoms with Gasteiger partial charge in [0.1, 0.15) is 6.04 Å². The van der Waals surface area contributed by atoms with Crippen molar-refractivity contribution < 1.29 is 23.5 Å². The Morgan fingerprint density at radius 1 is 1.06 bits per heavy atom. The van der Waals surface area contributed by atoms with Gasteiger partial charge in [0.05, 0.1) is 31.9 Å². The number of hydrogen-bond donors (Lipinski definition) is 1. The maximum absolute atomic E-state index is 12.7. The lowest BCUT2D eigenvalue weighted by molar-refractivity contribution is 0.0914. The molecule has 0 radical (unpaired) electrons. The number of carbonyl (C=O) groups excluding carboxylic acids is 1. The van der Waals surface area contributed by atoms with Crippen molar-refractivity contribution in [2.75, 3.05) is 21.3 Å². The van der Waals surface area contributed by atoms with Crippen LogP contribution in [0.4, 0.5) is 0 Å². The van der Waals surface area contributed by atoms with Crippen LogP contribution in [0.2, 0.25) is 5.02 Å². The molecule has 8 nitrogen and oxygen atoms in total. The van der Waals surface area contributed by atoms with E-state index in [0.29, 0.717) is 39.2 Å². The van der Waals surface area contributed by atoms with Crippen LogP contribution in [0.15, 0.2) is 40.9 Å². The predicted molar refractivity (Wildman–Crippen MR) is 116 cm³/mol. The number of methoxy groups -OCH3 is 3. The van der Waals surface area contributed by atoms with E-state index in [2.05, 4.69) is 15.5 Å². The third kappa shape index (κ3) is 4.74. The molecule has 0 aliphatic heterocycles. The molecule has 164 valence electrons. The van der Waals surface area contributed by atoms with Crippen LogP contribution < -0.4 is 19.5 Å². The highest BCUT2D eigenvalue weighted by atomic mass is 35.5. The van der Waals surface area contributed by atoms with Crippen LogP contribution in [0, 0.1) is 5.92 Å². The van der Waals surface area contributed by atoms with Crippen LogP contribution in [0.5, 0.6) is 17.2 Å². The molecule has 1 atom stereocenters. The van der Waals surface area contributed by atoms with Crippen molar-refractivity contribution in [3.05, 3.63) is 52.9 Å². The van der Waals surface area contributed by atoms with Gasteiger partial charge in [-0.25, -0.2) is 0 Å². The van der Waals surface area contributed by atoms with Gasteiger partial charge >= 0.3 is 0 Å². The standard InChI is InChI=1S/C22H24ClN3O5/c1-12(2)18(24-21(27)14-8-6-7-9-15(14)23)22-25-20(26-31-22)13-10-16(28-3)19(30-5)17(11-13)29-4/h6-12,18H,1-5H3,(H,24,27)/t18-/m0/s1. The Morgan fingerprint density at radius 2 is 1.71 bits per heavy atom. The van der Waals surface area contributed by atoms with Gasteiger partial charge < -0.3 is 24.1 Å². The van der Waals surface area contributed by atoms with Crippen molar-refractivity contribution >= 4 is 17.5 Å². The molecule has 0 saturated heterocycles. The number of ether oxygens (including phenoxy) is 3. The molecule has 1 N–H and O–H groups in total. The van der Waals surface area contributed by atoms with Crippen LogP contribution >= 0.6 is 11.6 Å². The van der Waals surface area contributed by atoms with Gasteiger partial charge in [-0.2, -0.15) is 4.98 Å². The molecule has 1 aromatic heterocycles. The van der Waals surface area contributed by atoms with Crippen molar-refractivity contribution in [2.45, 2.75) is 19.9 Å². The first-order valence-corrected chi connectivity index (χ1v) is 9.96. The minimum absolute atomic E-state index is 0.0142. The highest BCUT2D eigenvalue weighted by Gasteiger charge is 2.26. The van der Waals surface area contributed by atoms with E-state index in [1.165, 1.54) is 21.3 Å². The number of amides is 1. The Morgan fingerprint density at radius 3 is 2.26 bits per heavy atom. The van der Waals surface area contributed by atoms with E-state index in [4.69, 9.17) is 30.3 Å². The molecule has 0 fully saturated rings. The van der Waals surface area contributed by atoms with Crippen molar-refractivity contribution in [1.82, 2.24) is 15.5 Å². The lowest BCUT2D eigenvalue weighted by atomic mass is 10.0. The van der Waals surface area contributed by atoms with Crippen LogP contribution in [-0.4, -0.2) is 37.4 Å². The smallest absolute Gasteiger partial charge is 0.253 e. The summed E-state index contributed by atoms with van der Waals surface area (Å²) in [5, 5.41) is 7.37. The molecule has 2 aromatic carbocycles. The summed E-state index contributed by atoms with van der Waals surface area (Å²) in [6.07, 6.45) is 0. The molecule has 0 aliphatic rings. The number of hydrogen-bond acceptors (Lipinski definition) is 7. The summed E-state index contributed by atoms with van der Waals surface area (Å²) >= 11 is 6.15. The first-order valence-electron chi connectivity index (χ1n) is 9.59. The summed E-state index contributed by atoms with van der Waals surface area (Å²) in [7, 11) is 4.59. The van der Waals surface area contributed by atoms with E-state index in [9.17, 15) is 4.79 Å². The fraction of sp³-hybridized carbons (Fsp3) is 0.318. The zero-order valence-electron chi connectivity index (χ0n) is 17.9. The molecule has 3 aromatic rings. The number of aromatic nitrogens is 2. The number of carbonyl (C=O) groups is 1. The highest BCUT2D eigenvalue weighted by molar-refractivity contribution is 6.33. The number of halogens is 1. The molecule has 9 heteroatoms. The molecule has 3 rings (SSSR count). The van der Waals surface area contributed by atoms with E-state index in [1.807, 2.05) is 13.8 Å². The summed E-state index contributed by atoms with van der Waals surface area (Å²) in [5.74, 6) is 1.67. The third-order valence-electron chi connectivity index (χ3n) is 4.70. The average molecular weight is 446 g/mol. The summed E-state index contributed by atoms with van der Waals surface area (Å²) in [4.78, 5) is 17.2. The highest BCUT2D eigenvalue weighted by Crippen LogP contribution is 2.40. The lowest BCUT2D eigenvalue weighted by Crippen LogP contribution is -2.32. The Bertz CT molecular complexity index is 1040. The summed E-state index contributed by atoms with van der Waals surface area (Å²) < 4.78 is 21.6. The second kappa shape index (κ2) is 9.70. The Hall–Kier alpha value is -3.26. The first-order chi connectivity index (χ1) is 14.9. The van der Waals surface area contributed by atoms with E-state index < -0.39 is 6.04 Å². The first kappa shape index (κ1) is 22.4. The normalized spacial score (nSPS) is 11.8. The van der Waals surface area contributed by atoms with Gasteiger partial charge in [-0.15, -0.1) is 0 Å². The Balaban J connectivity index is 1.92. The van der Waals surface area contributed by atoms with E-state index >= 15 is 0 Å². The van der Waals surface area contributed by atoms with Gasteiger partial charge in [-0.1, -0.05) is 42.7 Å². The molecule has 0 spiro atoms. The fourth-order valence-corrected chi connectivity index (χ4v) is 3.29.